The van der Waals surface area contributed by atoms with E-state index in [2.05, 4.69) is 4.98 Å². The molecule has 21 heavy (non-hydrogen) atoms. The standard InChI is InChI=1S/C13H12F3N3O2/c14-13(15,16)10-4-3-8(6-17)11(18-10)19-5-1-2-9(7-19)12(20)21/h3-4,9H,1-2,5,7H2,(H,20,21). The number of pyridine rings is 1. The first kappa shape index (κ1) is 15.1. The predicted molar refractivity (Wildman–Crippen MR) is 66.5 cm³/mol. The second kappa shape index (κ2) is 5.60. The number of rotatable bonds is 2. The SMILES string of the molecule is N#Cc1ccc(C(F)(F)F)nc1N1CCCC(C(=O)O)C1. The first-order valence-electron chi connectivity index (χ1n) is 6.29. The Balaban J connectivity index is 2.37. The molecule has 1 saturated heterocycles. The molecule has 112 valence electrons. The Morgan fingerprint density at radius 3 is 2.76 bits per heavy atom. The van der Waals surface area contributed by atoms with Crippen molar-refractivity contribution < 1.29 is 23.1 Å². The summed E-state index contributed by atoms with van der Waals surface area (Å²) in [5.74, 6) is -1.76. The Morgan fingerprint density at radius 1 is 1.48 bits per heavy atom. The van der Waals surface area contributed by atoms with Crippen molar-refractivity contribution in [1.29, 1.82) is 5.26 Å². The minimum absolute atomic E-state index is 0.00837. The third kappa shape index (κ3) is 3.24. The number of aliphatic carboxylic acids is 1. The van der Waals surface area contributed by atoms with Gasteiger partial charge in [0.2, 0.25) is 0 Å². The molecular formula is C13H12F3N3O2. The number of alkyl halides is 3. The number of piperidine rings is 1. The summed E-state index contributed by atoms with van der Waals surface area (Å²) < 4.78 is 38.2. The van der Waals surface area contributed by atoms with Gasteiger partial charge in [-0.05, 0) is 25.0 Å². The molecule has 2 heterocycles. The minimum Gasteiger partial charge on any atom is -0.481 e. The van der Waals surface area contributed by atoms with Crippen LogP contribution in [-0.2, 0) is 11.0 Å². The first-order valence-corrected chi connectivity index (χ1v) is 6.29. The third-order valence-electron chi connectivity index (χ3n) is 3.36. The fourth-order valence-corrected chi connectivity index (χ4v) is 2.31. The maximum Gasteiger partial charge on any atom is 0.433 e. The molecule has 1 aliphatic rings. The van der Waals surface area contributed by atoms with E-state index in [9.17, 15) is 18.0 Å². The number of nitrogens with zero attached hydrogens (tertiary/aromatic N) is 3. The highest BCUT2D eigenvalue weighted by atomic mass is 19.4. The lowest BCUT2D eigenvalue weighted by Gasteiger charge is -2.32. The molecule has 1 aromatic heterocycles. The van der Waals surface area contributed by atoms with Gasteiger partial charge in [-0.3, -0.25) is 4.79 Å². The van der Waals surface area contributed by atoms with Crippen LogP contribution in [0.25, 0.3) is 0 Å². The molecule has 0 amide bonds. The lowest BCUT2D eigenvalue weighted by Crippen LogP contribution is -2.39. The summed E-state index contributed by atoms with van der Waals surface area (Å²) in [4.78, 5) is 16.0. The highest BCUT2D eigenvalue weighted by molar-refractivity contribution is 5.71. The molecule has 0 bridgehead atoms. The van der Waals surface area contributed by atoms with E-state index in [-0.39, 0.29) is 17.9 Å². The van der Waals surface area contributed by atoms with Gasteiger partial charge in [0, 0.05) is 13.1 Å². The summed E-state index contributed by atoms with van der Waals surface area (Å²) in [5.41, 5.74) is -1.08. The summed E-state index contributed by atoms with van der Waals surface area (Å²) in [5, 5.41) is 18.0. The molecule has 0 spiro atoms. The summed E-state index contributed by atoms with van der Waals surface area (Å²) >= 11 is 0. The largest absolute Gasteiger partial charge is 0.481 e. The Morgan fingerprint density at radius 2 is 2.19 bits per heavy atom. The summed E-state index contributed by atoms with van der Waals surface area (Å²) in [6, 6.07) is 3.61. The monoisotopic (exact) mass is 299 g/mol. The lowest BCUT2D eigenvalue weighted by molar-refractivity contribution is -0.142. The van der Waals surface area contributed by atoms with Gasteiger partial charge in [0.25, 0.3) is 0 Å². The molecular weight excluding hydrogens is 287 g/mol. The number of carboxylic acids is 1. The average molecular weight is 299 g/mol. The number of aromatic nitrogens is 1. The first-order chi connectivity index (χ1) is 9.82. The van der Waals surface area contributed by atoms with Gasteiger partial charge in [0.05, 0.1) is 11.5 Å². The summed E-state index contributed by atoms with van der Waals surface area (Å²) in [6.07, 6.45) is -3.61. The number of carbonyl (C=O) groups is 1. The predicted octanol–water partition coefficient (Wildman–Crippen LogP) is 2.27. The molecule has 5 nitrogen and oxygen atoms in total. The van der Waals surface area contributed by atoms with Crippen molar-refractivity contribution in [3.63, 3.8) is 0 Å². The normalized spacial score (nSPS) is 19.1. The van der Waals surface area contributed by atoms with E-state index < -0.39 is 23.8 Å². The van der Waals surface area contributed by atoms with Crippen LogP contribution in [0.15, 0.2) is 12.1 Å². The van der Waals surface area contributed by atoms with Crippen LogP contribution in [0.2, 0.25) is 0 Å². The van der Waals surface area contributed by atoms with Crippen molar-refractivity contribution in [3.8, 4) is 6.07 Å². The van der Waals surface area contributed by atoms with Crippen LogP contribution in [0.1, 0.15) is 24.1 Å². The Bertz CT molecular complexity index is 595. The number of carboxylic acid groups (broad SMARTS) is 1. The fraction of sp³-hybridized carbons (Fsp3) is 0.462. The smallest absolute Gasteiger partial charge is 0.433 e. The highest BCUT2D eigenvalue weighted by Gasteiger charge is 2.34. The highest BCUT2D eigenvalue weighted by Crippen LogP contribution is 2.31. The van der Waals surface area contributed by atoms with Gasteiger partial charge in [-0.2, -0.15) is 18.4 Å². The maximum atomic E-state index is 12.7. The van der Waals surface area contributed by atoms with Crippen LogP contribution in [0.4, 0.5) is 19.0 Å². The molecule has 1 atom stereocenters. The van der Waals surface area contributed by atoms with E-state index in [1.54, 1.807) is 6.07 Å². The van der Waals surface area contributed by atoms with E-state index in [1.807, 2.05) is 0 Å². The van der Waals surface area contributed by atoms with Crippen molar-refractivity contribution >= 4 is 11.8 Å². The van der Waals surface area contributed by atoms with Crippen molar-refractivity contribution in [2.75, 3.05) is 18.0 Å². The van der Waals surface area contributed by atoms with Gasteiger partial charge in [-0.25, -0.2) is 4.98 Å². The zero-order chi connectivity index (χ0) is 15.6. The van der Waals surface area contributed by atoms with Crippen LogP contribution in [-0.4, -0.2) is 29.1 Å². The van der Waals surface area contributed by atoms with Crippen LogP contribution in [0.3, 0.4) is 0 Å². The van der Waals surface area contributed by atoms with E-state index in [1.165, 1.54) is 4.90 Å². The van der Waals surface area contributed by atoms with Gasteiger partial charge in [-0.15, -0.1) is 0 Å². The van der Waals surface area contributed by atoms with Crippen LogP contribution in [0.5, 0.6) is 0 Å². The van der Waals surface area contributed by atoms with E-state index in [0.29, 0.717) is 19.4 Å². The zero-order valence-electron chi connectivity index (χ0n) is 10.9. The molecule has 1 unspecified atom stereocenters. The molecule has 2 rings (SSSR count). The molecule has 0 radical (unpaired) electrons. The molecule has 1 aliphatic heterocycles. The second-order valence-corrected chi connectivity index (χ2v) is 4.80. The van der Waals surface area contributed by atoms with Crippen molar-refractivity contribution in [3.05, 3.63) is 23.4 Å². The number of hydrogen-bond acceptors (Lipinski definition) is 4. The lowest BCUT2D eigenvalue weighted by atomic mass is 9.98. The van der Waals surface area contributed by atoms with E-state index in [0.717, 1.165) is 12.1 Å². The molecule has 1 N–H and O–H groups in total. The number of hydrogen-bond donors (Lipinski definition) is 1. The molecule has 1 fully saturated rings. The quantitative estimate of drug-likeness (QED) is 0.906. The van der Waals surface area contributed by atoms with Crippen LogP contribution in [0, 0.1) is 17.2 Å². The molecule has 8 heteroatoms. The Hall–Kier alpha value is -2.30. The number of anilines is 1. The van der Waals surface area contributed by atoms with Crippen molar-refractivity contribution in [1.82, 2.24) is 4.98 Å². The molecule has 1 aromatic rings. The Kier molecular flexibility index (Phi) is 4.02. The van der Waals surface area contributed by atoms with Crippen LogP contribution >= 0.6 is 0 Å². The maximum absolute atomic E-state index is 12.7. The van der Waals surface area contributed by atoms with E-state index in [4.69, 9.17) is 10.4 Å². The van der Waals surface area contributed by atoms with Crippen molar-refractivity contribution in [2.45, 2.75) is 19.0 Å². The topological polar surface area (TPSA) is 77.2 Å². The van der Waals surface area contributed by atoms with Gasteiger partial charge >= 0.3 is 12.1 Å². The summed E-state index contributed by atoms with van der Waals surface area (Å²) in [6.45, 7) is 0.436. The van der Waals surface area contributed by atoms with Crippen molar-refractivity contribution in [2.24, 2.45) is 5.92 Å². The van der Waals surface area contributed by atoms with Gasteiger partial charge in [0.15, 0.2) is 0 Å². The Labute approximate surface area is 118 Å². The van der Waals surface area contributed by atoms with Crippen LogP contribution < -0.4 is 4.90 Å². The number of nitriles is 1. The average Bonchev–Trinajstić information content (AvgIpc) is 2.45. The van der Waals surface area contributed by atoms with Gasteiger partial charge in [0.1, 0.15) is 17.6 Å². The molecule has 0 saturated carbocycles. The van der Waals surface area contributed by atoms with E-state index >= 15 is 0 Å². The van der Waals surface area contributed by atoms with Gasteiger partial charge < -0.3 is 10.0 Å². The van der Waals surface area contributed by atoms with Gasteiger partial charge in [-0.1, -0.05) is 0 Å². The molecule has 0 aliphatic carbocycles. The number of halogens is 3. The third-order valence-corrected chi connectivity index (χ3v) is 3.36. The minimum atomic E-state index is -4.61. The molecule has 0 aromatic carbocycles. The summed E-state index contributed by atoms with van der Waals surface area (Å²) in [7, 11) is 0. The zero-order valence-corrected chi connectivity index (χ0v) is 10.9. The second-order valence-electron chi connectivity index (χ2n) is 4.80. The fourth-order valence-electron chi connectivity index (χ4n) is 2.31.